The number of benzene rings is 1. The Bertz CT molecular complexity index is 729. The van der Waals surface area contributed by atoms with Crippen LogP contribution in [-0.4, -0.2) is 15.1 Å². The molecule has 0 aliphatic carbocycles. The third-order valence-corrected chi connectivity index (χ3v) is 2.46. The summed E-state index contributed by atoms with van der Waals surface area (Å²) < 4.78 is 5.13. The average Bonchev–Trinajstić information content (AvgIpc) is 2.82. The van der Waals surface area contributed by atoms with Gasteiger partial charge in [0.2, 0.25) is 0 Å². The maximum atomic E-state index is 11.8. The predicted molar refractivity (Wildman–Crippen MR) is 61.7 cm³/mol. The van der Waals surface area contributed by atoms with Crippen LogP contribution >= 0.6 is 0 Å². The van der Waals surface area contributed by atoms with Crippen molar-refractivity contribution < 1.29 is 9.52 Å². The molecule has 84 valence electrons. The minimum Gasteiger partial charge on any atom is -0.506 e. The highest BCUT2D eigenvalue weighted by molar-refractivity contribution is 5.82. The number of para-hydroxylation sites is 1. The van der Waals surface area contributed by atoms with Gasteiger partial charge in [-0.15, -0.1) is 0 Å². The fraction of sp³-hybridized carbons (Fsp3) is 0. The molecule has 2 N–H and O–H groups in total. The molecule has 0 atom stereocenters. The first-order valence-corrected chi connectivity index (χ1v) is 5.01. The molecular weight excluding hydrogens is 220 g/mol. The van der Waals surface area contributed by atoms with Gasteiger partial charge in [0.05, 0.1) is 11.8 Å². The topological polar surface area (TPSA) is 79.1 Å². The molecule has 0 saturated heterocycles. The molecule has 2 heterocycles. The lowest BCUT2D eigenvalue weighted by molar-refractivity contribution is 0.480. The smallest absolute Gasteiger partial charge is 0.278 e. The zero-order chi connectivity index (χ0) is 11.8. The Morgan fingerprint density at radius 1 is 1.24 bits per heavy atom. The first kappa shape index (κ1) is 9.65. The molecule has 1 aromatic carbocycles. The molecule has 5 heteroatoms. The van der Waals surface area contributed by atoms with Gasteiger partial charge < -0.3 is 14.5 Å². The van der Waals surface area contributed by atoms with E-state index in [1.807, 2.05) is 0 Å². The third-order valence-electron chi connectivity index (χ3n) is 2.46. The van der Waals surface area contributed by atoms with Gasteiger partial charge in [0.1, 0.15) is 11.3 Å². The normalized spacial score (nSPS) is 10.8. The van der Waals surface area contributed by atoms with E-state index >= 15 is 0 Å². The van der Waals surface area contributed by atoms with Crippen molar-refractivity contribution in [1.29, 1.82) is 0 Å². The zero-order valence-corrected chi connectivity index (χ0v) is 8.68. The van der Waals surface area contributed by atoms with Crippen molar-refractivity contribution in [1.82, 2.24) is 9.97 Å². The number of aromatic hydroxyl groups is 1. The first-order valence-electron chi connectivity index (χ1n) is 5.01. The predicted octanol–water partition coefficient (Wildman–Crippen LogP) is 1.89. The Morgan fingerprint density at radius 2 is 2.12 bits per heavy atom. The number of rotatable bonds is 1. The van der Waals surface area contributed by atoms with Crippen molar-refractivity contribution in [2.45, 2.75) is 0 Å². The van der Waals surface area contributed by atoms with Crippen LogP contribution < -0.4 is 5.56 Å². The zero-order valence-electron chi connectivity index (χ0n) is 8.68. The first-order chi connectivity index (χ1) is 8.25. The number of aromatic amines is 1. The summed E-state index contributed by atoms with van der Waals surface area (Å²) in [5.74, 6) is 0.392. The van der Waals surface area contributed by atoms with Gasteiger partial charge in [0.25, 0.3) is 5.56 Å². The molecule has 0 saturated carbocycles. The van der Waals surface area contributed by atoms with Gasteiger partial charge in [-0.1, -0.05) is 6.07 Å². The van der Waals surface area contributed by atoms with E-state index in [2.05, 4.69) is 9.97 Å². The summed E-state index contributed by atoms with van der Waals surface area (Å²) in [4.78, 5) is 18.6. The van der Waals surface area contributed by atoms with Crippen molar-refractivity contribution in [3.05, 3.63) is 46.9 Å². The Morgan fingerprint density at radius 3 is 2.88 bits per heavy atom. The number of H-pyrrole nitrogens is 1. The number of nitrogens with zero attached hydrogens (tertiary/aromatic N) is 1. The van der Waals surface area contributed by atoms with Crippen LogP contribution in [0, 0.1) is 0 Å². The molecule has 0 amide bonds. The SMILES string of the molecule is O=c1[nH]c2cccc(O)c2nc1-c1ccco1. The number of nitrogens with one attached hydrogen (secondary N) is 1. The Labute approximate surface area is 95.4 Å². The Kier molecular flexibility index (Phi) is 1.98. The lowest BCUT2D eigenvalue weighted by Gasteiger charge is -2.01. The molecular formula is C12H8N2O3. The Hall–Kier alpha value is -2.56. The molecule has 17 heavy (non-hydrogen) atoms. The minimum absolute atomic E-state index is 0.0200. The van der Waals surface area contributed by atoms with Crippen LogP contribution in [0.4, 0.5) is 0 Å². The number of aromatic nitrogens is 2. The van der Waals surface area contributed by atoms with Gasteiger partial charge in [-0.25, -0.2) is 4.98 Å². The number of furan rings is 1. The van der Waals surface area contributed by atoms with Crippen LogP contribution in [0.3, 0.4) is 0 Å². The van der Waals surface area contributed by atoms with Gasteiger partial charge in [-0.3, -0.25) is 4.79 Å². The molecule has 0 bridgehead atoms. The van der Waals surface area contributed by atoms with E-state index in [0.717, 1.165) is 0 Å². The molecule has 0 fully saturated rings. The summed E-state index contributed by atoms with van der Waals surface area (Å²) in [6, 6.07) is 8.14. The van der Waals surface area contributed by atoms with E-state index in [0.29, 0.717) is 16.8 Å². The lowest BCUT2D eigenvalue weighted by atomic mass is 10.2. The van der Waals surface area contributed by atoms with Crippen LogP contribution in [0.1, 0.15) is 0 Å². The number of hydrogen-bond acceptors (Lipinski definition) is 4. The average molecular weight is 228 g/mol. The second-order valence-electron chi connectivity index (χ2n) is 3.57. The molecule has 0 aliphatic rings. The van der Waals surface area contributed by atoms with Crippen LogP contribution in [0.5, 0.6) is 5.75 Å². The van der Waals surface area contributed by atoms with E-state index in [4.69, 9.17) is 4.42 Å². The van der Waals surface area contributed by atoms with E-state index in [1.165, 1.54) is 12.3 Å². The number of fused-ring (bicyclic) bond motifs is 1. The second kappa shape index (κ2) is 3.48. The van der Waals surface area contributed by atoms with Crippen molar-refractivity contribution in [2.24, 2.45) is 0 Å². The summed E-state index contributed by atoms with van der Waals surface area (Å²) in [5, 5.41) is 9.67. The van der Waals surface area contributed by atoms with Crippen LogP contribution in [0.25, 0.3) is 22.5 Å². The van der Waals surface area contributed by atoms with Gasteiger partial charge >= 0.3 is 0 Å². The van der Waals surface area contributed by atoms with Crippen molar-refractivity contribution in [3.8, 4) is 17.2 Å². The molecule has 2 aromatic heterocycles. The fourth-order valence-corrected chi connectivity index (χ4v) is 1.67. The van der Waals surface area contributed by atoms with Gasteiger partial charge in [0, 0.05) is 0 Å². The van der Waals surface area contributed by atoms with Crippen LogP contribution in [0.2, 0.25) is 0 Å². The standard InChI is InChI=1S/C12H8N2O3/c15-8-4-1-3-7-10(8)14-11(12(16)13-7)9-5-2-6-17-9/h1-6,15H,(H,13,16). The highest BCUT2D eigenvalue weighted by atomic mass is 16.3. The summed E-state index contributed by atoms with van der Waals surface area (Å²) >= 11 is 0. The van der Waals surface area contributed by atoms with Gasteiger partial charge in [0.15, 0.2) is 11.5 Å². The van der Waals surface area contributed by atoms with Crippen molar-refractivity contribution in [2.75, 3.05) is 0 Å². The van der Waals surface area contributed by atoms with Crippen molar-refractivity contribution >= 4 is 11.0 Å². The Balaban J connectivity index is 2.38. The molecule has 0 spiro atoms. The largest absolute Gasteiger partial charge is 0.506 e. The number of phenols is 1. The molecule has 0 aliphatic heterocycles. The quantitative estimate of drug-likeness (QED) is 0.666. The van der Waals surface area contributed by atoms with Gasteiger partial charge in [-0.2, -0.15) is 0 Å². The maximum absolute atomic E-state index is 11.8. The summed E-state index contributed by atoms with van der Waals surface area (Å²) in [5.41, 5.74) is 0.644. The van der Waals surface area contributed by atoms with Crippen LogP contribution in [0.15, 0.2) is 45.8 Å². The second-order valence-corrected chi connectivity index (χ2v) is 3.57. The monoisotopic (exact) mass is 228 g/mol. The summed E-state index contributed by atoms with van der Waals surface area (Å²) in [6.45, 7) is 0. The van der Waals surface area contributed by atoms with Crippen molar-refractivity contribution in [3.63, 3.8) is 0 Å². The van der Waals surface area contributed by atoms with E-state index < -0.39 is 0 Å². The highest BCUT2D eigenvalue weighted by Gasteiger charge is 2.11. The highest BCUT2D eigenvalue weighted by Crippen LogP contribution is 2.22. The molecule has 0 unspecified atom stereocenters. The minimum atomic E-state index is -0.349. The van der Waals surface area contributed by atoms with Gasteiger partial charge in [-0.05, 0) is 24.3 Å². The maximum Gasteiger partial charge on any atom is 0.278 e. The molecule has 5 nitrogen and oxygen atoms in total. The van der Waals surface area contributed by atoms with E-state index in [1.54, 1.807) is 24.3 Å². The molecule has 3 rings (SSSR count). The summed E-state index contributed by atoms with van der Waals surface area (Å²) in [7, 11) is 0. The molecule has 0 radical (unpaired) electrons. The number of hydrogen-bond donors (Lipinski definition) is 2. The molecule has 3 aromatic rings. The third kappa shape index (κ3) is 1.48. The number of phenolic OH excluding ortho intramolecular Hbond substituents is 1. The lowest BCUT2D eigenvalue weighted by Crippen LogP contribution is -2.10. The van der Waals surface area contributed by atoms with Crippen LogP contribution in [-0.2, 0) is 0 Å². The van der Waals surface area contributed by atoms with E-state index in [9.17, 15) is 9.90 Å². The fourth-order valence-electron chi connectivity index (χ4n) is 1.67. The van der Waals surface area contributed by atoms with E-state index in [-0.39, 0.29) is 17.0 Å². The summed E-state index contributed by atoms with van der Waals surface area (Å²) in [6.07, 6.45) is 1.46.